The predicted octanol–water partition coefficient (Wildman–Crippen LogP) is 2.70. The molecule has 2 aliphatic rings. The molecule has 1 aromatic heterocycles. The summed E-state index contributed by atoms with van der Waals surface area (Å²) in [6, 6.07) is 8.08. The summed E-state index contributed by atoms with van der Waals surface area (Å²) in [4.78, 5) is 12.8. The Hall–Kier alpha value is -2.14. The second-order valence-corrected chi connectivity index (χ2v) is 7.31. The van der Waals surface area contributed by atoms with Crippen molar-refractivity contribution in [1.82, 2.24) is 15.1 Å². The monoisotopic (exact) mass is 339 g/mol. The third-order valence-corrected chi connectivity index (χ3v) is 5.47. The van der Waals surface area contributed by atoms with Crippen molar-refractivity contribution in [1.29, 1.82) is 0 Å². The third kappa shape index (κ3) is 3.09. The maximum absolute atomic E-state index is 12.8. The van der Waals surface area contributed by atoms with Crippen LogP contribution in [0.25, 0.3) is 5.69 Å². The molecule has 0 saturated heterocycles. The number of carbonyl (C=O) groups is 1. The Kier molecular flexibility index (Phi) is 4.34. The van der Waals surface area contributed by atoms with Gasteiger partial charge in [-0.15, -0.1) is 0 Å². The predicted molar refractivity (Wildman–Crippen MR) is 96.1 cm³/mol. The van der Waals surface area contributed by atoms with Gasteiger partial charge in [0.2, 0.25) is 0 Å². The quantitative estimate of drug-likeness (QED) is 0.903. The first-order valence-corrected chi connectivity index (χ1v) is 9.30. The topological polar surface area (TPSA) is 67.2 Å². The minimum absolute atomic E-state index is 0.144. The zero-order valence-electron chi connectivity index (χ0n) is 14.7. The Morgan fingerprint density at radius 3 is 2.68 bits per heavy atom. The van der Waals surface area contributed by atoms with Gasteiger partial charge in [-0.3, -0.25) is 4.79 Å². The van der Waals surface area contributed by atoms with Gasteiger partial charge in [-0.1, -0.05) is 30.5 Å². The molecule has 2 unspecified atom stereocenters. The zero-order chi connectivity index (χ0) is 17.4. The average molecular weight is 339 g/mol. The molecule has 1 fully saturated rings. The van der Waals surface area contributed by atoms with Gasteiger partial charge in [0.1, 0.15) is 0 Å². The lowest BCUT2D eigenvalue weighted by Crippen LogP contribution is -2.45. The fourth-order valence-corrected chi connectivity index (χ4v) is 4.04. The number of aliphatic hydroxyl groups excluding tert-OH is 1. The van der Waals surface area contributed by atoms with Crippen LogP contribution in [0.3, 0.4) is 0 Å². The highest BCUT2D eigenvalue weighted by molar-refractivity contribution is 5.94. The van der Waals surface area contributed by atoms with Crippen molar-refractivity contribution < 1.29 is 9.90 Å². The van der Waals surface area contributed by atoms with E-state index in [1.165, 1.54) is 5.56 Å². The number of nitrogens with one attached hydrogen (secondary N) is 1. The number of nitrogens with zero attached hydrogens (tertiary/aromatic N) is 2. The Morgan fingerprint density at radius 1 is 1.16 bits per heavy atom. The van der Waals surface area contributed by atoms with E-state index in [4.69, 9.17) is 0 Å². The molecule has 2 aliphatic carbocycles. The van der Waals surface area contributed by atoms with Crippen LogP contribution in [-0.2, 0) is 12.8 Å². The van der Waals surface area contributed by atoms with E-state index in [2.05, 4.69) is 29.5 Å². The van der Waals surface area contributed by atoms with Crippen molar-refractivity contribution in [3.05, 3.63) is 46.8 Å². The molecule has 0 bridgehead atoms. The number of hydrogen-bond acceptors (Lipinski definition) is 3. The molecule has 0 spiro atoms. The fraction of sp³-hybridized carbons (Fsp3) is 0.500. The molecule has 2 aromatic rings. The Bertz CT molecular complexity index is 779. The number of fused-ring (bicyclic) bond motifs is 1. The Labute approximate surface area is 148 Å². The molecule has 4 rings (SSSR count). The van der Waals surface area contributed by atoms with Crippen LogP contribution < -0.4 is 5.32 Å². The number of amides is 1. The van der Waals surface area contributed by atoms with Crippen molar-refractivity contribution in [2.45, 2.75) is 64.0 Å². The highest BCUT2D eigenvalue weighted by atomic mass is 16.3. The number of aromatic nitrogens is 2. The summed E-state index contributed by atoms with van der Waals surface area (Å²) in [5.41, 5.74) is 4.96. The molecule has 25 heavy (non-hydrogen) atoms. The minimum Gasteiger partial charge on any atom is -0.391 e. The van der Waals surface area contributed by atoms with Gasteiger partial charge >= 0.3 is 0 Å². The molecular weight excluding hydrogens is 314 g/mol. The first-order valence-electron chi connectivity index (χ1n) is 9.30. The van der Waals surface area contributed by atoms with Gasteiger partial charge in [0.25, 0.3) is 5.91 Å². The zero-order valence-corrected chi connectivity index (χ0v) is 14.7. The van der Waals surface area contributed by atoms with E-state index in [-0.39, 0.29) is 11.9 Å². The first-order chi connectivity index (χ1) is 12.1. The van der Waals surface area contributed by atoms with E-state index >= 15 is 0 Å². The van der Waals surface area contributed by atoms with Gasteiger partial charge in [-0.25, -0.2) is 4.68 Å². The highest BCUT2D eigenvalue weighted by Crippen LogP contribution is 2.28. The van der Waals surface area contributed by atoms with Gasteiger partial charge in [0, 0.05) is 11.3 Å². The summed E-state index contributed by atoms with van der Waals surface area (Å²) in [5.74, 6) is -0.144. The molecule has 1 amide bonds. The number of aliphatic hydroxyl groups is 1. The molecule has 2 atom stereocenters. The van der Waals surface area contributed by atoms with E-state index in [0.717, 1.165) is 61.9 Å². The van der Waals surface area contributed by atoms with Crippen LogP contribution in [0.1, 0.15) is 59.4 Å². The number of rotatable bonds is 3. The molecule has 5 heteroatoms. The van der Waals surface area contributed by atoms with E-state index < -0.39 is 6.10 Å². The Balaban J connectivity index is 1.63. The normalized spacial score (nSPS) is 22.6. The average Bonchev–Trinajstić information content (AvgIpc) is 3.20. The van der Waals surface area contributed by atoms with Crippen molar-refractivity contribution in [2.24, 2.45) is 0 Å². The summed E-state index contributed by atoms with van der Waals surface area (Å²) in [7, 11) is 0. The fourth-order valence-electron chi connectivity index (χ4n) is 4.04. The molecule has 2 N–H and O–H groups in total. The van der Waals surface area contributed by atoms with Gasteiger partial charge in [0.05, 0.1) is 17.8 Å². The smallest absolute Gasteiger partial charge is 0.272 e. The van der Waals surface area contributed by atoms with E-state index in [9.17, 15) is 9.90 Å². The lowest BCUT2D eigenvalue weighted by Gasteiger charge is -2.28. The van der Waals surface area contributed by atoms with Crippen LogP contribution in [0.5, 0.6) is 0 Å². The van der Waals surface area contributed by atoms with Crippen LogP contribution in [-0.4, -0.2) is 32.9 Å². The lowest BCUT2D eigenvalue weighted by atomic mass is 9.92. The third-order valence-electron chi connectivity index (χ3n) is 5.47. The molecule has 0 aliphatic heterocycles. The van der Waals surface area contributed by atoms with Crippen LogP contribution in [0.15, 0.2) is 24.3 Å². The second-order valence-electron chi connectivity index (χ2n) is 7.31. The van der Waals surface area contributed by atoms with Gasteiger partial charge < -0.3 is 10.4 Å². The van der Waals surface area contributed by atoms with Crippen LogP contribution in [0.4, 0.5) is 0 Å². The van der Waals surface area contributed by atoms with Gasteiger partial charge in [-0.2, -0.15) is 5.10 Å². The molecule has 1 heterocycles. The first kappa shape index (κ1) is 16.3. The van der Waals surface area contributed by atoms with Crippen LogP contribution in [0, 0.1) is 6.92 Å². The van der Waals surface area contributed by atoms with Crippen molar-refractivity contribution in [2.75, 3.05) is 0 Å². The SMILES string of the molecule is Cc1ccc(-n2nc(C(=O)NC3CCCCC3O)c3c2CCC3)cc1. The molecule has 132 valence electrons. The molecule has 5 nitrogen and oxygen atoms in total. The standard InChI is InChI=1S/C20H25N3O2/c1-13-9-11-14(12-10-13)23-17-7-4-5-15(17)19(22-23)20(25)21-16-6-2-3-8-18(16)24/h9-12,16,18,24H,2-8H2,1H3,(H,21,25). The van der Waals surface area contributed by atoms with Gasteiger partial charge in [0.15, 0.2) is 5.69 Å². The summed E-state index contributed by atoms with van der Waals surface area (Å²) in [6.45, 7) is 2.06. The molecular formula is C20H25N3O2. The lowest BCUT2D eigenvalue weighted by molar-refractivity contribution is 0.0713. The summed E-state index contributed by atoms with van der Waals surface area (Å²) in [6.07, 6.45) is 6.17. The van der Waals surface area contributed by atoms with Gasteiger partial charge in [-0.05, 0) is 51.2 Å². The maximum Gasteiger partial charge on any atom is 0.272 e. The van der Waals surface area contributed by atoms with E-state index in [1.54, 1.807) is 0 Å². The molecule has 1 saturated carbocycles. The molecule has 1 aromatic carbocycles. The molecule has 0 radical (unpaired) electrons. The number of benzene rings is 1. The number of hydrogen-bond donors (Lipinski definition) is 2. The largest absolute Gasteiger partial charge is 0.391 e. The maximum atomic E-state index is 12.8. The van der Waals surface area contributed by atoms with E-state index in [1.807, 2.05) is 16.8 Å². The van der Waals surface area contributed by atoms with Crippen molar-refractivity contribution >= 4 is 5.91 Å². The van der Waals surface area contributed by atoms with Crippen molar-refractivity contribution in [3.8, 4) is 5.69 Å². The number of aryl methyl sites for hydroxylation is 1. The van der Waals surface area contributed by atoms with Crippen molar-refractivity contribution in [3.63, 3.8) is 0 Å². The van der Waals surface area contributed by atoms with Crippen LogP contribution in [0.2, 0.25) is 0 Å². The summed E-state index contributed by atoms with van der Waals surface area (Å²) in [5, 5.41) is 17.8. The number of carbonyl (C=O) groups excluding carboxylic acids is 1. The second kappa shape index (κ2) is 6.64. The Morgan fingerprint density at radius 2 is 1.92 bits per heavy atom. The summed E-state index contributed by atoms with van der Waals surface area (Å²) < 4.78 is 1.92. The van der Waals surface area contributed by atoms with Crippen LogP contribution >= 0.6 is 0 Å². The van der Waals surface area contributed by atoms with E-state index in [0.29, 0.717) is 5.69 Å². The minimum atomic E-state index is -0.440. The summed E-state index contributed by atoms with van der Waals surface area (Å²) >= 11 is 0. The highest BCUT2D eigenvalue weighted by Gasteiger charge is 2.30.